The Morgan fingerprint density at radius 2 is 1.88 bits per heavy atom. The third kappa shape index (κ3) is 3.14. The van der Waals surface area contributed by atoms with E-state index >= 15 is 0 Å². The largest absolute Gasteiger partial charge is 0.131 e. The van der Waals surface area contributed by atoms with Gasteiger partial charge in [-0.2, -0.15) is 0 Å². The summed E-state index contributed by atoms with van der Waals surface area (Å²) in [5, 5.41) is 2.62. The molecule has 0 spiro atoms. The molecule has 0 bridgehead atoms. The third-order valence-electron chi connectivity index (χ3n) is 1.25. The first kappa shape index (κ1) is 8.09. The van der Waals surface area contributed by atoms with Gasteiger partial charge >= 0.3 is 0 Å². The molecule has 1 heteroatoms. The van der Waals surface area contributed by atoms with Gasteiger partial charge in [-0.05, 0) is 11.3 Å². The van der Waals surface area contributed by atoms with Crippen LogP contribution in [0.4, 0.5) is 0 Å². The van der Waals surface area contributed by atoms with Crippen LogP contribution in [0, 0.1) is 5.92 Å². The van der Waals surface area contributed by atoms with Gasteiger partial charge in [0.2, 0.25) is 0 Å². The van der Waals surface area contributed by atoms with Crippen LogP contribution < -0.4 is 0 Å². The van der Waals surface area contributed by atoms with Gasteiger partial charge in [0.1, 0.15) is 0 Å². The molecular weight excluding hydrogens is 116 g/mol. The van der Waals surface area contributed by atoms with E-state index < -0.39 is 0 Å². The van der Waals surface area contributed by atoms with Crippen LogP contribution >= 0.6 is 11.8 Å². The molecule has 0 aromatic rings. The summed E-state index contributed by atoms with van der Waals surface area (Å²) >= 11 is 1.80. The molecule has 0 heterocycles. The molecule has 1 unspecified atom stereocenters. The first-order valence-electron chi connectivity index (χ1n) is 2.95. The maximum absolute atomic E-state index is 3.65. The van der Waals surface area contributed by atoms with Gasteiger partial charge in [0.25, 0.3) is 0 Å². The van der Waals surface area contributed by atoms with Crippen LogP contribution in [-0.2, 0) is 0 Å². The average molecular weight is 130 g/mol. The van der Waals surface area contributed by atoms with Crippen molar-refractivity contribution in [3.63, 3.8) is 0 Å². The average Bonchev–Trinajstić information content (AvgIpc) is 1.67. The lowest BCUT2D eigenvalue weighted by Crippen LogP contribution is -2.03. The van der Waals surface area contributed by atoms with Crippen molar-refractivity contribution in [2.45, 2.75) is 26.0 Å². The smallest absolute Gasteiger partial charge is 0.00829 e. The Morgan fingerprint density at radius 3 is 2.00 bits per heavy atom. The number of hydrogen-bond donors (Lipinski definition) is 0. The van der Waals surface area contributed by atoms with Crippen molar-refractivity contribution in [1.82, 2.24) is 0 Å². The summed E-state index contributed by atoms with van der Waals surface area (Å²) < 4.78 is 0. The Bertz CT molecular complexity index is 66.8. The Morgan fingerprint density at radius 1 is 1.38 bits per heavy atom. The fourth-order valence-electron chi connectivity index (χ4n) is 0.309. The van der Waals surface area contributed by atoms with Gasteiger partial charge in [0.15, 0.2) is 0 Å². The van der Waals surface area contributed by atoms with E-state index in [4.69, 9.17) is 0 Å². The highest BCUT2D eigenvalue weighted by Crippen LogP contribution is 2.18. The molecule has 0 aliphatic carbocycles. The van der Waals surface area contributed by atoms with Crippen molar-refractivity contribution in [3.05, 3.63) is 12.0 Å². The first-order valence-corrected chi connectivity index (χ1v) is 3.89. The number of thioether (sulfide) groups is 1. The van der Waals surface area contributed by atoms with Gasteiger partial charge in [-0.25, -0.2) is 0 Å². The summed E-state index contributed by atoms with van der Waals surface area (Å²) in [6.07, 6.45) is 0. The predicted molar refractivity (Wildman–Crippen MR) is 42.1 cm³/mol. The summed E-state index contributed by atoms with van der Waals surface area (Å²) in [4.78, 5) is 0. The van der Waals surface area contributed by atoms with Crippen LogP contribution in [0.2, 0.25) is 0 Å². The van der Waals surface area contributed by atoms with E-state index in [0.717, 1.165) is 5.92 Å². The summed E-state index contributed by atoms with van der Waals surface area (Å²) in [5.41, 5.74) is 0. The normalized spacial score (nSPS) is 14.0. The van der Waals surface area contributed by atoms with Crippen molar-refractivity contribution in [3.8, 4) is 0 Å². The highest BCUT2D eigenvalue weighted by atomic mass is 32.2. The molecule has 0 aliphatic heterocycles. The van der Waals surface area contributed by atoms with Crippen LogP contribution in [0.3, 0.4) is 0 Å². The lowest BCUT2D eigenvalue weighted by molar-refractivity contribution is 0.644. The van der Waals surface area contributed by atoms with E-state index in [1.54, 1.807) is 11.8 Å². The second-order valence-corrected chi connectivity index (χ2v) is 3.60. The zero-order chi connectivity index (χ0) is 6.57. The fraction of sp³-hybridized carbons (Fsp3) is 0.714. The van der Waals surface area contributed by atoms with Crippen molar-refractivity contribution in [2.75, 3.05) is 0 Å². The van der Waals surface area contributed by atoms with Gasteiger partial charge in [-0.1, -0.05) is 27.4 Å². The minimum Gasteiger partial charge on any atom is -0.131 e. The zero-order valence-electron chi connectivity index (χ0n) is 5.85. The quantitative estimate of drug-likeness (QED) is 0.566. The molecule has 0 aromatic heterocycles. The van der Waals surface area contributed by atoms with Crippen LogP contribution in [0.25, 0.3) is 0 Å². The van der Waals surface area contributed by atoms with Crippen LogP contribution in [0.1, 0.15) is 20.8 Å². The maximum atomic E-state index is 3.65. The van der Waals surface area contributed by atoms with Gasteiger partial charge in [-0.3, -0.25) is 0 Å². The Hall–Kier alpha value is 0.0900. The summed E-state index contributed by atoms with van der Waals surface area (Å²) in [7, 11) is 0. The van der Waals surface area contributed by atoms with E-state index in [1.165, 1.54) is 0 Å². The second-order valence-electron chi connectivity index (χ2n) is 2.25. The number of hydrogen-bond acceptors (Lipinski definition) is 1. The molecule has 0 saturated heterocycles. The highest BCUT2D eigenvalue weighted by Gasteiger charge is 2.03. The maximum Gasteiger partial charge on any atom is 0.00829 e. The minimum absolute atomic E-state index is 0.715. The predicted octanol–water partition coefficient (Wildman–Crippen LogP) is 2.91. The molecule has 0 rings (SSSR count). The monoisotopic (exact) mass is 130 g/mol. The van der Waals surface area contributed by atoms with Gasteiger partial charge < -0.3 is 0 Å². The molecule has 0 radical (unpaired) electrons. The van der Waals surface area contributed by atoms with Crippen LogP contribution in [0.15, 0.2) is 12.0 Å². The molecule has 0 amide bonds. The zero-order valence-corrected chi connectivity index (χ0v) is 6.66. The molecule has 0 aromatic carbocycles. The minimum atomic E-state index is 0.715. The van der Waals surface area contributed by atoms with E-state index in [0.29, 0.717) is 5.25 Å². The Kier molecular flexibility index (Phi) is 4.06. The highest BCUT2D eigenvalue weighted by molar-refractivity contribution is 8.02. The second kappa shape index (κ2) is 4.02. The summed E-state index contributed by atoms with van der Waals surface area (Å²) in [6.45, 7) is 10.3. The molecule has 8 heavy (non-hydrogen) atoms. The fourth-order valence-corrected chi connectivity index (χ4v) is 0.927. The Labute approximate surface area is 56.4 Å². The van der Waals surface area contributed by atoms with Gasteiger partial charge in [0, 0.05) is 5.25 Å². The third-order valence-corrected chi connectivity index (χ3v) is 2.42. The first-order chi connectivity index (χ1) is 3.68. The van der Waals surface area contributed by atoms with Crippen molar-refractivity contribution < 1.29 is 0 Å². The van der Waals surface area contributed by atoms with E-state index in [1.807, 2.05) is 5.41 Å². The van der Waals surface area contributed by atoms with Crippen molar-refractivity contribution >= 4 is 11.8 Å². The SMILES string of the molecule is C=CSC(C)C(C)C. The van der Waals surface area contributed by atoms with Crippen molar-refractivity contribution in [1.29, 1.82) is 0 Å². The number of rotatable bonds is 3. The summed E-state index contributed by atoms with van der Waals surface area (Å²) in [6, 6.07) is 0. The molecule has 0 saturated carbocycles. The van der Waals surface area contributed by atoms with Gasteiger partial charge in [-0.15, -0.1) is 11.8 Å². The van der Waals surface area contributed by atoms with E-state index in [-0.39, 0.29) is 0 Å². The van der Waals surface area contributed by atoms with Crippen LogP contribution in [0.5, 0.6) is 0 Å². The lowest BCUT2D eigenvalue weighted by Gasteiger charge is -2.10. The molecule has 0 aliphatic rings. The van der Waals surface area contributed by atoms with Crippen molar-refractivity contribution in [2.24, 2.45) is 5.92 Å². The van der Waals surface area contributed by atoms with Crippen LogP contribution in [-0.4, -0.2) is 5.25 Å². The summed E-state index contributed by atoms with van der Waals surface area (Å²) in [5.74, 6) is 0.762. The van der Waals surface area contributed by atoms with E-state index in [9.17, 15) is 0 Å². The molecule has 0 nitrogen and oxygen atoms in total. The molecule has 48 valence electrons. The van der Waals surface area contributed by atoms with E-state index in [2.05, 4.69) is 27.4 Å². The Balaban J connectivity index is 3.30. The molecule has 0 fully saturated rings. The molecular formula is C7H14S. The lowest BCUT2D eigenvalue weighted by atomic mass is 10.2. The molecule has 1 atom stereocenters. The standard InChI is InChI=1S/C7H14S/c1-5-8-7(4)6(2)3/h5-7H,1H2,2-4H3. The van der Waals surface area contributed by atoms with Gasteiger partial charge in [0.05, 0.1) is 0 Å². The molecule has 0 N–H and O–H groups in total. The topological polar surface area (TPSA) is 0 Å².